The Kier molecular flexibility index (Phi) is 3.76. The maximum Gasteiger partial charge on any atom is 0.150 e. The normalized spacial score (nSPS) is 26.9. The van der Waals surface area contributed by atoms with E-state index in [4.69, 9.17) is 4.74 Å². The van der Waals surface area contributed by atoms with Gasteiger partial charge in [-0.2, -0.15) is 0 Å². The van der Waals surface area contributed by atoms with Gasteiger partial charge in [0.1, 0.15) is 12.1 Å². The van der Waals surface area contributed by atoms with Gasteiger partial charge in [-0.05, 0) is 23.8 Å². The summed E-state index contributed by atoms with van der Waals surface area (Å²) in [6, 6.07) is 0.606. The molecule has 2 aliphatic heterocycles. The maximum absolute atomic E-state index is 5.49. The zero-order valence-electron chi connectivity index (χ0n) is 13.2. The average molecular weight is 318 g/mol. The van der Waals surface area contributed by atoms with Gasteiger partial charge in [0, 0.05) is 32.2 Å². The third-order valence-electron chi connectivity index (χ3n) is 4.90. The van der Waals surface area contributed by atoms with E-state index in [0.29, 0.717) is 12.0 Å². The Morgan fingerprint density at radius 1 is 1.23 bits per heavy atom. The van der Waals surface area contributed by atoms with Gasteiger partial charge in [0.25, 0.3) is 0 Å². The van der Waals surface area contributed by atoms with Crippen LogP contribution in [-0.2, 0) is 4.74 Å². The summed E-state index contributed by atoms with van der Waals surface area (Å²) in [7, 11) is 0. The van der Waals surface area contributed by atoms with Gasteiger partial charge in [0.15, 0.2) is 0 Å². The van der Waals surface area contributed by atoms with Crippen molar-refractivity contribution in [1.82, 2.24) is 14.9 Å². The first kappa shape index (κ1) is 14.4. The summed E-state index contributed by atoms with van der Waals surface area (Å²) < 4.78 is 6.72. The highest BCUT2D eigenvalue weighted by atomic mass is 32.1. The van der Waals surface area contributed by atoms with E-state index in [2.05, 4.69) is 39.0 Å². The number of aromatic nitrogens is 2. The zero-order valence-corrected chi connectivity index (χ0v) is 14.0. The Morgan fingerprint density at radius 2 is 2.05 bits per heavy atom. The first-order chi connectivity index (χ1) is 10.7. The lowest BCUT2D eigenvalue weighted by Gasteiger charge is -2.34. The third-order valence-corrected chi connectivity index (χ3v) is 5.98. The minimum atomic E-state index is 0.606. The van der Waals surface area contributed by atoms with Gasteiger partial charge in [0.2, 0.25) is 0 Å². The summed E-state index contributed by atoms with van der Waals surface area (Å²) >= 11 is 1.77. The second-order valence-electron chi connectivity index (χ2n) is 6.39. The smallest absolute Gasteiger partial charge is 0.150 e. The summed E-state index contributed by atoms with van der Waals surface area (Å²) in [6.07, 6.45) is 1.71. The van der Waals surface area contributed by atoms with Gasteiger partial charge >= 0.3 is 0 Å². The largest absolute Gasteiger partial charge is 0.379 e. The van der Waals surface area contributed by atoms with E-state index in [0.717, 1.165) is 50.7 Å². The maximum atomic E-state index is 5.49. The van der Waals surface area contributed by atoms with E-state index >= 15 is 0 Å². The van der Waals surface area contributed by atoms with E-state index in [1.165, 1.54) is 10.3 Å². The molecule has 2 aromatic heterocycles. The number of thiophene rings is 1. The highest BCUT2D eigenvalue weighted by Gasteiger charge is 2.35. The third kappa shape index (κ3) is 2.39. The predicted octanol–water partition coefficient (Wildman–Crippen LogP) is 2.16. The summed E-state index contributed by atoms with van der Waals surface area (Å²) in [6.45, 7) is 10.5. The van der Waals surface area contributed by atoms with E-state index in [9.17, 15) is 0 Å². The molecular formula is C16H22N4OS. The van der Waals surface area contributed by atoms with Crippen molar-refractivity contribution in [3.63, 3.8) is 0 Å². The molecule has 0 aliphatic carbocycles. The van der Waals surface area contributed by atoms with Gasteiger partial charge < -0.3 is 9.64 Å². The molecule has 2 saturated heterocycles. The summed E-state index contributed by atoms with van der Waals surface area (Å²) in [5.41, 5.74) is 2.36. The molecule has 0 amide bonds. The van der Waals surface area contributed by atoms with Crippen molar-refractivity contribution in [1.29, 1.82) is 0 Å². The molecule has 2 fully saturated rings. The molecule has 0 bridgehead atoms. The monoisotopic (exact) mass is 318 g/mol. The molecular weight excluding hydrogens is 296 g/mol. The van der Waals surface area contributed by atoms with Crippen molar-refractivity contribution in [2.24, 2.45) is 5.92 Å². The van der Waals surface area contributed by atoms with Crippen LogP contribution >= 0.6 is 11.3 Å². The molecule has 2 aliphatic rings. The van der Waals surface area contributed by atoms with Gasteiger partial charge in [-0.25, -0.2) is 9.97 Å². The number of hydrogen-bond acceptors (Lipinski definition) is 6. The summed E-state index contributed by atoms with van der Waals surface area (Å²) in [5, 5.41) is 2.18. The molecule has 4 rings (SSSR count). The molecule has 0 N–H and O–H groups in total. The second-order valence-corrected chi connectivity index (χ2v) is 7.27. The number of anilines is 1. The molecule has 0 unspecified atom stereocenters. The van der Waals surface area contributed by atoms with Crippen LogP contribution in [0.15, 0.2) is 11.7 Å². The highest BCUT2D eigenvalue weighted by Crippen LogP contribution is 2.34. The highest BCUT2D eigenvalue weighted by molar-refractivity contribution is 7.18. The van der Waals surface area contributed by atoms with Gasteiger partial charge in [-0.3, -0.25) is 4.90 Å². The van der Waals surface area contributed by atoms with Crippen molar-refractivity contribution in [2.45, 2.75) is 19.9 Å². The first-order valence-electron chi connectivity index (χ1n) is 7.99. The number of hydrogen-bond donors (Lipinski definition) is 0. The molecule has 22 heavy (non-hydrogen) atoms. The molecule has 0 aromatic carbocycles. The SMILES string of the molecule is Cc1csc2c(N3C[C@@H](C)[C@@H](N4CCOCC4)C3)ncnc12. The number of aryl methyl sites for hydroxylation is 1. The quantitative estimate of drug-likeness (QED) is 0.849. The molecule has 0 saturated carbocycles. The lowest BCUT2D eigenvalue weighted by molar-refractivity contribution is 0.0134. The van der Waals surface area contributed by atoms with Crippen LogP contribution in [0.25, 0.3) is 10.2 Å². The minimum absolute atomic E-state index is 0.606. The lowest BCUT2D eigenvalue weighted by atomic mass is 10.0. The second kappa shape index (κ2) is 5.76. The van der Waals surface area contributed by atoms with Gasteiger partial charge in [0.05, 0.1) is 23.4 Å². The molecule has 0 spiro atoms. The number of ether oxygens (including phenoxy) is 1. The fraction of sp³-hybridized carbons (Fsp3) is 0.625. The van der Waals surface area contributed by atoms with Gasteiger partial charge in [-0.15, -0.1) is 11.3 Å². The average Bonchev–Trinajstić information content (AvgIpc) is 3.12. The standard InChI is InChI=1S/C16H22N4OS/c1-11-7-20(8-13(11)19-3-5-21-6-4-19)16-15-14(17-10-18-16)12(2)9-22-15/h9-11,13H,3-8H2,1-2H3/t11-,13+/m1/s1. The predicted molar refractivity (Wildman–Crippen MR) is 89.7 cm³/mol. The Balaban J connectivity index is 1.60. The Hall–Kier alpha value is -1.24. The van der Waals surface area contributed by atoms with Crippen LogP contribution in [0.4, 0.5) is 5.82 Å². The number of fused-ring (bicyclic) bond motifs is 1. The van der Waals surface area contributed by atoms with Gasteiger partial charge in [-0.1, -0.05) is 6.92 Å². The number of morpholine rings is 1. The molecule has 118 valence electrons. The number of rotatable bonds is 2. The first-order valence-corrected chi connectivity index (χ1v) is 8.87. The van der Waals surface area contributed by atoms with Crippen LogP contribution in [0.5, 0.6) is 0 Å². The number of nitrogens with zero attached hydrogens (tertiary/aromatic N) is 4. The van der Waals surface area contributed by atoms with Crippen molar-refractivity contribution < 1.29 is 4.74 Å². The van der Waals surface area contributed by atoms with E-state index in [-0.39, 0.29) is 0 Å². The van der Waals surface area contributed by atoms with Crippen LogP contribution in [-0.4, -0.2) is 60.3 Å². The molecule has 4 heterocycles. The minimum Gasteiger partial charge on any atom is -0.379 e. The summed E-state index contributed by atoms with van der Waals surface area (Å²) in [4.78, 5) is 14.1. The molecule has 0 radical (unpaired) electrons. The molecule has 2 atom stereocenters. The van der Waals surface area contributed by atoms with Crippen LogP contribution in [0.1, 0.15) is 12.5 Å². The van der Waals surface area contributed by atoms with E-state index in [1.54, 1.807) is 17.7 Å². The Labute approximate surface area is 134 Å². The molecule has 5 nitrogen and oxygen atoms in total. The lowest BCUT2D eigenvalue weighted by Crippen LogP contribution is -2.46. The van der Waals surface area contributed by atoms with Crippen molar-refractivity contribution in [2.75, 3.05) is 44.3 Å². The van der Waals surface area contributed by atoms with Crippen molar-refractivity contribution in [3.8, 4) is 0 Å². The van der Waals surface area contributed by atoms with Crippen LogP contribution in [0.2, 0.25) is 0 Å². The van der Waals surface area contributed by atoms with E-state index < -0.39 is 0 Å². The van der Waals surface area contributed by atoms with Crippen LogP contribution in [0.3, 0.4) is 0 Å². The fourth-order valence-corrected chi connectivity index (χ4v) is 4.71. The van der Waals surface area contributed by atoms with Crippen LogP contribution in [0, 0.1) is 12.8 Å². The Bertz CT molecular complexity index is 667. The summed E-state index contributed by atoms with van der Waals surface area (Å²) in [5.74, 6) is 1.77. The molecule has 2 aromatic rings. The zero-order chi connectivity index (χ0) is 15.1. The van der Waals surface area contributed by atoms with E-state index in [1.807, 2.05) is 0 Å². The molecule has 6 heteroatoms. The van der Waals surface area contributed by atoms with Crippen molar-refractivity contribution >= 4 is 27.4 Å². The fourth-order valence-electron chi connectivity index (χ4n) is 3.69. The van der Waals surface area contributed by atoms with Crippen LogP contribution < -0.4 is 4.90 Å². The van der Waals surface area contributed by atoms with Crippen molar-refractivity contribution in [3.05, 3.63) is 17.3 Å². The Morgan fingerprint density at radius 3 is 2.86 bits per heavy atom. The topological polar surface area (TPSA) is 41.5 Å².